The van der Waals surface area contributed by atoms with Crippen LogP contribution in [0.2, 0.25) is 5.02 Å². The van der Waals surface area contributed by atoms with Crippen LogP contribution in [-0.2, 0) is 15.8 Å². The van der Waals surface area contributed by atoms with Crippen molar-refractivity contribution in [1.82, 2.24) is 0 Å². The lowest BCUT2D eigenvalue weighted by molar-refractivity contribution is -0.137. The van der Waals surface area contributed by atoms with Gasteiger partial charge in [-0.2, -0.15) is 18.4 Å². The van der Waals surface area contributed by atoms with Crippen LogP contribution < -0.4 is 20.1 Å². The third kappa shape index (κ3) is 8.25. The zero-order valence-corrected chi connectivity index (χ0v) is 21.6. The molecule has 0 radical (unpaired) electrons. The number of carbonyl (C=O) groups excluding carboxylic acids is 2. The highest BCUT2D eigenvalue weighted by Gasteiger charge is 2.30. The predicted molar refractivity (Wildman–Crippen MR) is 142 cm³/mol. The van der Waals surface area contributed by atoms with Gasteiger partial charge in [-0.25, -0.2) is 0 Å². The predicted octanol–water partition coefficient (Wildman–Crippen LogP) is 6.63. The van der Waals surface area contributed by atoms with Gasteiger partial charge in [-0.05, 0) is 68.0 Å². The molecular formula is C28H23ClF3N3O4. The van der Waals surface area contributed by atoms with Crippen molar-refractivity contribution in [3.63, 3.8) is 0 Å². The van der Waals surface area contributed by atoms with Gasteiger partial charge in [-0.1, -0.05) is 35.4 Å². The van der Waals surface area contributed by atoms with Crippen molar-refractivity contribution in [2.45, 2.75) is 20.0 Å². The molecular weight excluding hydrogens is 535 g/mol. The molecule has 0 fully saturated rings. The number of carbonyl (C=O) groups is 2. The van der Waals surface area contributed by atoms with E-state index < -0.39 is 29.1 Å². The minimum atomic E-state index is -4.59. The van der Waals surface area contributed by atoms with E-state index in [0.717, 1.165) is 23.8 Å². The molecule has 0 unspecified atom stereocenters. The van der Waals surface area contributed by atoms with Crippen LogP contribution in [0.4, 0.5) is 24.5 Å². The van der Waals surface area contributed by atoms with Crippen LogP contribution >= 0.6 is 11.6 Å². The monoisotopic (exact) mass is 557 g/mol. The number of rotatable bonds is 9. The number of hydrogen-bond acceptors (Lipinski definition) is 5. The summed E-state index contributed by atoms with van der Waals surface area (Å²) in [6, 6.07) is 15.8. The van der Waals surface area contributed by atoms with E-state index in [9.17, 15) is 28.0 Å². The van der Waals surface area contributed by atoms with Gasteiger partial charge >= 0.3 is 6.18 Å². The summed E-state index contributed by atoms with van der Waals surface area (Å²) >= 11 is 6.37. The molecule has 0 atom stereocenters. The van der Waals surface area contributed by atoms with Gasteiger partial charge in [0, 0.05) is 11.4 Å². The number of nitrogens with zero attached hydrogens (tertiary/aromatic N) is 1. The maximum absolute atomic E-state index is 13.0. The molecule has 0 saturated heterocycles. The third-order valence-electron chi connectivity index (χ3n) is 5.14. The number of nitrogens with one attached hydrogen (secondary N) is 2. The molecule has 0 aliphatic rings. The lowest BCUT2D eigenvalue weighted by Gasteiger charge is -2.15. The second-order valence-electron chi connectivity index (χ2n) is 8.17. The Morgan fingerprint density at radius 2 is 1.74 bits per heavy atom. The Kier molecular flexibility index (Phi) is 9.57. The number of aryl methyl sites for hydroxylation is 1. The SMILES string of the molecule is CCOc1cc(/C=C(\C#N)C(=O)Nc2cccc(C(F)(F)F)c2)cc(Cl)c1OCC(=O)Nc1ccc(C)cc1. The Morgan fingerprint density at radius 1 is 1.03 bits per heavy atom. The molecule has 7 nitrogen and oxygen atoms in total. The van der Waals surface area contributed by atoms with Gasteiger partial charge < -0.3 is 20.1 Å². The minimum absolute atomic E-state index is 0.0471. The average molecular weight is 558 g/mol. The van der Waals surface area contributed by atoms with Crippen molar-refractivity contribution in [1.29, 1.82) is 5.26 Å². The highest BCUT2D eigenvalue weighted by atomic mass is 35.5. The fourth-order valence-electron chi connectivity index (χ4n) is 3.33. The van der Waals surface area contributed by atoms with E-state index in [0.29, 0.717) is 5.69 Å². The first-order valence-corrected chi connectivity index (χ1v) is 11.9. The van der Waals surface area contributed by atoms with Crippen LogP contribution in [0.25, 0.3) is 6.08 Å². The van der Waals surface area contributed by atoms with Gasteiger partial charge in [-0.15, -0.1) is 0 Å². The molecule has 202 valence electrons. The Hall–Kier alpha value is -4.49. The standard InChI is InChI=1S/C28H23ClF3N3O4/c1-3-38-24-13-18(11-19(15-33)27(37)35-22-6-4-5-20(14-22)28(30,31)32)12-23(29)26(24)39-16-25(36)34-21-9-7-17(2)8-10-21/h4-14H,3,16H2,1-2H3,(H,34,36)(H,35,37)/b19-11+. The quantitative estimate of drug-likeness (QED) is 0.227. The smallest absolute Gasteiger partial charge is 0.416 e. The molecule has 39 heavy (non-hydrogen) atoms. The Labute approximate surface area is 227 Å². The van der Waals surface area contributed by atoms with Crippen molar-refractivity contribution in [3.8, 4) is 17.6 Å². The molecule has 0 spiro atoms. The topological polar surface area (TPSA) is 100 Å². The number of nitriles is 1. The lowest BCUT2D eigenvalue weighted by atomic mass is 10.1. The molecule has 0 aromatic heterocycles. The molecule has 3 aromatic rings. The summed E-state index contributed by atoms with van der Waals surface area (Å²) in [5, 5.41) is 14.5. The summed E-state index contributed by atoms with van der Waals surface area (Å²) in [5.74, 6) is -1.10. The molecule has 0 heterocycles. The number of halogens is 4. The summed E-state index contributed by atoms with van der Waals surface area (Å²) in [5.41, 5.74) is 0.459. The van der Waals surface area contributed by atoms with Gasteiger partial charge in [0.05, 0.1) is 17.2 Å². The molecule has 0 aliphatic carbocycles. The van der Waals surface area contributed by atoms with Gasteiger partial charge in [0.25, 0.3) is 11.8 Å². The van der Waals surface area contributed by atoms with Crippen molar-refractivity contribution < 1.29 is 32.2 Å². The Bertz CT molecular complexity index is 1430. The summed E-state index contributed by atoms with van der Waals surface area (Å²) < 4.78 is 50.1. The van der Waals surface area contributed by atoms with Crippen LogP contribution in [-0.4, -0.2) is 25.0 Å². The molecule has 2 amide bonds. The van der Waals surface area contributed by atoms with Crippen LogP contribution in [0, 0.1) is 18.3 Å². The number of benzene rings is 3. The van der Waals surface area contributed by atoms with Crippen LogP contribution in [0.3, 0.4) is 0 Å². The van der Waals surface area contributed by atoms with Crippen molar-refractivity contribution in [2.75, 3.05) is 23.8 Å². The van der Waals surface area contributed by atoms with E-state index in [4.69, 9.17) is 21.1 Å². The van der Waals surface area contributed by atoms with Crippen LogP contribution in [0.5, 0.6) is 11.5 Å². The van der Waals surface area contributed by atoms with Crippen LogP contribution in [0.1, 0.15) is 23.6 Å². The van der Waals surface area contributed by atoms with Crippen molar-refractivity contribution >= 4 is 40.9 Å². The van der Waals surface area contributed by atoms with E-state index in [1.807, 2.05) is 19.1 Å². The van der Waals surface area contributed by atoms with Gasteiger partial charge in [0.2, 0.25) is 0 Å². The van der Waals surface area contributed by atoms with Gasteiger partial charge in [0.15, 0.2) is 18.1 Å². The first kappa shape index (κ1) is 29.1. The zero-order chi connectivity index (χ0) is 28.6. The molecule has 3 rings (SSSR count). The van der Waals surface area contributed by atoms with E-state index in [2.05, 4.69) is 10.6 Å². The summed E-state index contributed by atoms with van der Waals surface area (Å²) in [7, 11) is 0. The van der Waals surface area contributed by atoms with Crippen molar-refractivity contribution in [3.05, 3.63) is 87.9 Å². The average Bonchev–Trinajstić information content (AvgIpc) is 2.88. The van der Waals surface area contributed by atoms with Gasteiger partial charge in [0.1, 0.15) is 11.6 Å². The summed E-state index contributed by atoms with van der Waals surface area (Å²) in [4.78, 5) is 24.9. The number of amides is 2. The van der Waals surface area contributed by atoms with Gasteiger partial charge in [-0.3, -0.25) is 9.59 Å². The van der Waals surface area contributed by atoms with E-state index in [-0.39, 0.29) is 41.0 Å². The van der Waals surface area contributed by atoms with Crippen molar-refractivity contribution in [2.24, 2.45) is 0 Å². The Balaban J connectivity index is 1.77. The van der Waals surface area contributed by atoms with E-state index >= 15 is 0 Å². The number of ether oxygens (including phenoxy) is 2. The normalized spacial score (nSPS) is 11.4. The molecule has 3 aromatic carbocycles. The molecule has 11 heteroatoms. The second kappa shape index (κ2) is 12.8. The minimum Gasteiger partial charge on any atom is -0.490 e. The lowest BCUT2D eigenvalue weighted by Crippen LogP contribution is -2.20. The number of anilines is 2. The molecule has 2 N–H and O–H groups in total. The molecule has 0 aliphatic heterocycles. The van der Waals surface area contributed by atoms with E-state index in [1.54, 1.807) is 25.1 Å². The first-order chi connectivity index (χ1) is 18.5. The molecule has 0 saturated carbocycles. The summed E-state index contributed by atoms with van der Waals surface area (Å²) in [6.07, 6.45) is -3.39. The Morgan fingerprint density at radius 3 is 2.38 bits per heavy atom. The fourth-order valence-corrected chi connectivity index (χ4v) is 3.61. The molecule has 0 bridgehead atoms. The third-order valence-corrected chi connectivity index (χ3v) is 5.42. The van der Waals surface area contributed by atoms with E-state index in [1.165, 1.54) is 24.3 Å². The van der Waals surface area contributed by atoms with Crippen LogP contribution in [0.15, 0.2) is 66.2 Å². The fraction of sp³-hybridized carbons (Fsp3) is 0.179. The number of hydrogen-bond donors (Lipinski definition) is 2. The summed E-state index contributed by atoms with van der Waals surface area (Å²) in [6.45, 7) is 3.49. The highest BCUT2D eigenvalue weighted by molar-refractivity contribution is 6.32. The largest absolute Gasteiger partial charge is 0.490 e. The number of alkyl halides is 3. The first-order valence-electron chi connectivity index (χ1n) is 11.6. The highest BCUT2D eigenvalue weighted by Crippen LogP contribution is 2.37. The zero-order valence-electron chi connectivity index (χ0n) is 20.9. The second-order valence-corrected chi connectivity index (χ2v) is 8.58. The maximum atomic E-state index is 13.0. The maximum Gasteiger partial charge on any atom is 0.416 e.